The molecule has 1 aliphatic carbocycles. The highest BCUT2D eigenvalue weighted by Gasteiger charge is 2.17. The molecule has 3 nitrogen and oxygen atoms in total. The minimum Gasteiger partial charge on any atom is -0.381 e. The zero-order chi connectivity index (χ0) is 14.3. The molecule has 1 heterocycles. The van der Waals surface area contributed by atoms with E-state index >= 15 is 0 Å². The predicted octanol–water partition coefficient (Wildman–Crippen LogP) is 2.72. The Bertz CT molecular complexity index is 429. The molecule has 0 aromatic heterocycles. The Kier molecular flexibility index (Phi) is 5.67. The van der Waals surface area contributed by atoms with Crippen LogP contribution in [0.4, 0.5) is 0 Å². The van der Waals surface area contributed by atoms with Gasteiger partial charge in [-0.15, -0.1) is 0 Å². The largest absolute Gasteiger partial charge is 0.381 e. The third kappa shape index (κ3) is 4.53. The molecule has 1 aliphatic heterocycles. The van der Waals surface area contributed by atoms with Gasteiger partial charge >= 0.3 is 0 Å². The van der Waals surface area contributed by atoms with Gasteiger partial charge in [0.2, 0.25) is 0 Å². The molecule has 0 spiro atoms. The molecule has 0 saturated carbocycles. The van der Waals surface area contributed by atoms with E-state index in [1.54, 1.807) is 5.56 Å². The average molecular weight is 289 g/mol. The lowest BCUT2D eigenvalue weighted by Crippen LogP contribution is -2.35. The second-order valence-corrected chi connectivity index (χ2v) is 6.20. The van der Waals surface area contributed by atoms with Crippen LogP contribution in [0.2, 0.25) is 0 Å². The summed E-state index contributed by atoms with van der Waals surface area (Å²) in [5.74, 6) is 0. The van der Waals surface area contributed by atoms with E-state index in [2.05, 4.69) is 29.6 Å². The van der Waals surface area contributed by atoms with Gasteiger partial charge in [-0.2, -0.15) is 0 Å². The second-order valence-electron chi connectivity index (χ2n) is 6.20. The smallest absolute Gasteiger partial charge is 0.0619 e. The van der Waals surface area contributed by atoms with E-state index < -0.39 is 0 Å². The van der Waals surface area contributed by atoms with Crippen LogP contribution in [-0.2, 0) is 22.3 Å². The number of ether oxygens (including phenoxy) is 2. The van der Waals surface area contributed by atoms with Crippen LogP contribution in [0.25, 0.3) is 0 Å². The first-order valence-corrected chi connectivity index (χ1v) is 8.41. The first-order chi connectivity index (χ1) is 10.4. The summed E-state index contributed by atoms with van der Waals surface area (Å²) in [5.41, 5.74) is 3.07. The topological polar surface area (TPSA) is 30.5 Å². The monoisotopic (exact) mass is 289 g/mol. The Morgan fingerprint density at radius 1 is 1.10 bits per heavy atom. The van der Waals surface area contributed by atoms with Gasteiger partial charge in [-0.1, -0.05) is 24.3 Å². The maximum atomic E-state index is 5.91. The molecule has 0 bridgehead atoms. The van der Waals surface area contributed by atoms with E-state index in [-0.39, 0.29) is 0 Å². The van der Waals surface area contributed by atoms with Gasteiger partial charge in [-0.05, 0) is 56.2 Å². The van der Waals surface area contributed by atoms with Gasteiger partial charge in [-0.25, -0.2) is 0 Å². The minimum absolute atomic E-state index is 0.431. The van der Waals surface area contributed by atoms with Crippen molar-refractivity contribution in [2.45, 2.75) is 50.7 Å². The Hall–Kier alpha value is -0.900. The van der Waals surface area contributed by atoms with Crippen molar-refractivity contribution in [3.05, 3.63) is 35.4 Å². The third-order valence-electron chi connectivity index (χ3n) is 4.62. The Morgan fingerprint density at radius 2 is 1.90 bits per heavy atom. The van der Waals surface area contributed by atoms with Gasteiger partial charge in [0.05, 0.1) is 6.10 Å². The molecule has 1 aromatic carbocycles. The summed E-state index contributed by atoms with van der Waals surface area (Å²) in [7, 11) is 0. The van der Waals surface area contributed by atoms with Crippen LogP contribution in [0.3, 0.4) is 0 Å². The Balaban J connectivity index is 1.30. The van der Waals surface area contributed by atoms with Crippen molar-refractivity contribution in [2.24, 2.45) is 0 Å². The number of aryl methyl sites for hydroxylation is 1. The van der Waals surface area contributed by atoms with Crippen molar-refractivity contribution in [3.63, 3.8) is 0 Å². The van der Waals surface area contributed by atoms with Crippen molar-refractivity contribution in [1.29, 1.82) is 0 Å². The van der Waals surface area contributed by atoms with Crippen LogP contribution in [0.5, 0.6) is 0 Å². The van der Waals surface area contributed by atoms with E-state index in [0.29, 0.717) is 12.1 Å². The van der Waals surface area contributed by atoms with Crippen LogP contribution < -0.4 is 5.32 Å². The van der Waals surface area contributed by atoms with Gasteiger partial charge in [-0.3, -0.25) is 0 Å². The van der Waals surface area contributed by atoms with Crippen LogP contribution in [-0.4, -0.2) is 38.5 Å². The van der Waals surface area contributed by atoms with Crippen molar-refractivity contribution in [3.8, 4) is 0 Å². The molecule has 0 amide bonds. The van der Waals surface area contributed by atoms with Crippen molar-refractivity contribution in [1.82, 2.24) is 5.32 Å². The summed E-state index contributed by atoms with van der Waals surface area (Å²) in [6, 6.07) is 9.50. The fourth-order valence-electron chi connectivity index (χ4n) is 3.34. The van der Waals surface area contributed by atoms with Crippen molar-refractivity contribution < 1.29 is 9.47 Å². The molecular weight excluding hydrogens is 262 g/mol. The highest BCUT2D eigenvalue weighted by molar-refractivity contribution is 5.30. The molecular formula is C18H27NO2. The van der Waals surface area contributed by atoms with E-state index in [0.717, 1.165) is 45.6 Å². The average Bonchev–Trinajstić information content (AvgIpc) is 2.55. The lowest BCUT2D eigenvalue weighted by Gasteiger charge is -2.26. The molecule has 2 aliphatic rings. The lowest BCUT2D eigenvalue weighted by atomic mass is 9.88. The van der Waals surface area contributed by atoms with Crippen LogP contribution in [0.15, 0.2) is 24.3 Å². The molecule has 1 aromatic rings. The maximum absolute atomic E-state index is 5.91. The van der Waals surface area contributed by atoms with E-state index in [1.807, 2.05) is 0 Å². The predicted molar refractivity (Wildman–Crippen MR) is 84.7 cm³/mol. The number of fused-ring (bicyclic) bond motifs is 1. The van der Waals surface area contributed by atoms with E-state index in [4.69, 9.17) is 9.47 Å². The zero-order valence-corrected chi connectivity index (χ0v) is 12.9. The van der Waals surface area contributed by atoms with Gasteiger partial charge in [0.1, 0.15) is 0 Å². The number of hydrogen-bond donors (Lipinski definition) is 1. The van der Waals surface area contributed by atoms with Crippen LogP contribution in [0, 0.1) is 0 Å². The normalized spacial score (nSPS) is 23.0. The molecule has 0 radical (unpaired) electrons. The van der Waals surface area contributed by atoms with Gasteiger partial charge in [0.25, 0.3) is 0 Å². The number of nitrogens with one attached hydrogen (secondary N) is 1. The maximum Gasteiger partial charge on any atom is 0.0619 e. The first kappa shape index (κ1) is 15.0. The molecule has 3 rings (SSSR count). The fourth-order valence-corrected chi connectivity index (χ4v) is 3.34. The Labute approximate surface area is 128 Å². The van der Waals surface area contributed by atoms with Gasteiger partial charge < -0.3 is 14.8 Å². The van der Waals surface area contributed by atoms with Crippen molar-refractivity contribution in [2.75, 3.05) is 26.4 Å². The second kappa shape index (κ2) is 7.92. The molecule has 1 atom stereocenters. The fraction of sp³-hybridized carbons (Fsp3) is 0.667. The molecule has 3 heteroatoms. The van der Waals surface area contributed by atoms with Crippen LogP contribution >= 0.6 is 0 Å². The third-order valence-corrected chi connectivity index (χ3v) is 4.62. The summed E-state index contributed by atoms with van der Waals surface area (Å²) in [4.78, 5) is 0. The summed E-state index contributed by atoms with van der Waals surface area (Å²) in [6.07, 6.45) is 7.32. The standard InChI is InChI=1S/C18H27NO2/c1-2-5-16-14-17(7-6-15(16)4-1)19-10-3-11-21-18-8-12-20-13-9-18/h1-2,4-5,17-19H,3,6-14H2. The first-order valence-electron chi connectivity index (χ1n) is 8.41. The van der Waals surface area contributed by atoms with Crippen molar-refractivity contribution >= 4 is 0 Å². The molecule has 1 N–H and O–H groups in total. The molecule has 1 unspecified atom stereocenters. The molecule has 116 valence electrons. The lowest BCUT2D eigenvalue weighted by molar-refractivity contribution is -0.0322. The van der Waals surface area contributed by atoms with E-state index in [9.17, 15) is 0 Å². The minimum atomic E-state index is 0.431. The Morgan fingerprint density at radius 3 is 2.76 bits per heavy atom. The number of benzene rings is 1. The molecule has 21 heavy (non-hydrogen) atoms. The molecule has 1 fully saturated rings. The van der Waals surface area contributed by atoms with Crippen LogP contribution in [0.1, 0.15) is 36.8 Å². The quantitative estimate of drug-likeness (QED) is 0.817. The molecule has 1 saturated heterocycles. The number of hydrogen-bond acceptors (Lipinski definition) is 3. The summed E-state index contributed by atoms with van der Waals surface area (Å²) in [6.45, 7) is 3.67. The number of rotatable bonds is 6. The van der Waals surface area contributed by atoms with Gasteiger partial charge in [0, 0.05) is 25.9 Å². The summed E-state index contributed by atoms with van der Waals surface area (Å²) in [5, 5.41) is 3.70. The summed E-state index contributed by atoms with van der Waals surface area (Å²) >= 11 is 0. The summed E-state index contributed by atoms with van der Waals surface area (Å²) < 4.78 is 11.3. The SMILES string of the molecule is c1ccc2c(c1)CCC(NCCCOC1CCOCC1)C2. The van der Waals surface area contributed by atoms with Gasteiger partial charge in [0.15, 0.2) is 0 Å². The van der Waals surface area contributed by atoms with E-state index in [1.165, 1.54) is 24.8 Å². The highest BCUT2D eigenvalue weighted by atomic mass is 16.5. The zero-order valence-electron chi connectivity index (χ0n) is 12.9. The highest BCUT2D eigenvalue weighted by Crippen LogP contribution is 2.20.